The molecule has 0 amide bonds. The van der Waals surface area contributed by atoms with Gasteiger partial charge in [-0.3, -0.25) is 0 Å². The van der Waals surface area contributed by atoms with E-state index in [1.165, 1.54) is 5.56 Å². The number of hydrogen-bond donors (Lipinski definition) is 0. The van der Waals surface area contributed by atoms with Crippen molar-refractivity contribution in [3.8, 4) is 11.4 Å². The molecule has 3 nitrogen and oxygen atoms in total. The van der Waals surface area contributed by atoms with Gasteiger partial charge in [-0.2, -0.15) is 5.10 Å². The van der Waals surface area contributed by atoms with Crippen molar-refractivity contribution in [3.63, 3.8) is 0 Å². The van der Waals surface area contributed by atoms with Gasteiger partial charge in [0, 0.05) is 11.6 Å². The lowest BCUT2D eigenvalue weighted by molar-refractivity contribution is 0.194. The molecule has 0 aliphatic rings. The molecule has 1 unspecified atom stereocenters. The lowest BCUT2D eigenvalue weighted by Crippen LogP contribution is -2.07. The van der Waals surface area contributed by atoms with Crippen LogP contribution in [0.1, 0.15) is 31.4 Å². The molecule has 0 aliphatic heterocycles. The summed E-state index contributed by atoms with van der Waals surface area (Å²) in [4.78, 5) is 0. The summed E-state index contributed by atoms with van der Waals surface area (Å²) in [6.07, 6.45) is 4.21. The van der Waals surface area contributed by atoms with E-state index in [0.29, 0.717) is 0 Å². The monoisotopic (exact) mass is 342 g/mol. The highest BCUT2D eigenvalue weighted by atomic mass is 16.5. The van der Waals surface area contributed by atoms with E-state index in [1.54, 1.807) is 0 Å². The van der Waals surface area contributed by atoms with Gasteiger partial charge >= 0.3 is 0 Å². The SMILES string of the molecule is CCCC(Oc1ccc(-n2cc3ccccc3n2)cc1)c1ccccc1. The molecule has 4 rings (SSSR count). The number of hydrogen-bond acceptors (Lipinski definition) is 2. The Bertz CT molecular complexity index is 941. The van der Waals surface area contributed by atoms with E-state index in [1.807, 2.05) is 41.1 Å². The van der Waals surface area contributed by atoms with Crippen LogP contribution >= 0.6 is 0 Å². The summed E-state index contributed by atoms with van der Waals surface area (Å²) < 4.78 is 8.17. The summed E-state index contributed by atoms with van der Waals surface area (Å²) in [5, 5.41) is 5.77. The van der Waals surface area contributed by atoms with Crippen LogP contribution in [-0.2, 0) is 0 Å². The van der Waals surface area contributed by atoms with Crippen molar-refractivity contribution in [2.45, 2.75) is 25.9 Å². The molecule has 26 heavy (non-hydrogen) atoms. The minimum atomic E-state index is 0.0827. The van der Waals surface area contributed by atoms with Gasteiger partial charge in [0.2, 0.25) is 0 Å². The van der Waals surface area contributed by atoms with Crippen LogP contribution in [0.5, 0.6) is 5.75 Å². The highest BCUT2D eigenvalue weighted by Gasteiger charge is 2.12. The van der Waals surface area contributed by atoms with Gasteiger partial charge < -0.3 is 4.74 Å². The van der Waals surface area contributed by atoms with Gasteiger partial charge in [-0.15, -0.1) is 0 Å². The van der Waals surface area contributed by atoms with E-state index in [0.717, 1.165) is 35.2 Å². The fraction of sp³-hybridized carbons (Fsp3) is 0.174. The molecule has 0 N–H and O–H groups in total. The van der Waals surface area contributed by atoms with Crippen LogP contribution in [0.3, 0.4) is 0 Å². The van der Waals surface area contributed by atoms with Gasteiger partial charge in [-0.25, -0.2) is 4.68 Å². The van der Waals surface area contributed by atoms with Crippen LogP contribution in [0, 0.1) is 0 Å². The van der Waals surface area contributed by atoms with Crippen molar-refractivity contribution < 1.29 is 4.74 Å². The van der Waals surface area contributed by atoms with Gasteiger partial charge in [0.25, 0.3) is 0 Å². The molecule has 0 saturated heterocycles. The molecular weight excluding hydrogens is 320 g/mol. The molecule has 0 spiro atoms. The third-order valence-corrected chi connectivity index (χ3v) is 4.52. The molecule has 3 aromatic carbocycles. The molecular formula is C23H22N2O. The zero-order valence-corrected chi connectivity index (χ0v) is 14.9. The van der Waals surface area contributed by atoms with E-state index >= 15 is 0 Å². The van der Waals surface area contributed by atoms with Gasteiger partial charge in [0.1, 0.15) is 11.9 Å². The number of fused-ring (bicyclic) bond motifs is 1. The van der Waals surface area contributed by atoms with Crippen molar-refractivity contribution in [2.24, 2.45) is 0 Å². The number of aromatic nitrogens is 2. The average Bonchev–Trinajstić information content (AvgIpc) is 3.13. The first kappa shape index (κ1) is 16.4. The Hall–Kier alpha value is -3.07. The molecule has 3 heteroatoms. The van der Waals surface area contributed by atoms with E-state index in [-0.39, 0.29) is 6.10 Å². The summed E-state index contributed by atoms with van der Waals surface area (Å²) in [7, 11) is 0. The van der Waals surface area contributed by atoms with Crippen LogP contribution in [0.15, 0.2) is 85.1 Å². The van der Waals surface area contributed by atoms with E-state index in [4.69, 9.17) is 4.74 Å². The number of ether oxygens (including phenoxy) is 1. The van der Waals surface area contributed by atoms with Crippen molar-refractivity contribution in [1.82, 2.24) is 9.78 Å². The largest absolute Gasteiger partial charge is 0.486 e. The van der Waals surface area contributed by atoms with Crippen molar-refractivity contribution in [2.75, 3.05) is 0 Å². The fourth-order valence-corrected chi connectivity index (χ4v) is 3.16. The van der Waals surface area contributed by atoms with Crippen LogP contribution in [0.4, 0.5) is 0 Å². The minimum absolute atomic E-state index is 0.0827. The molecule has 0 fully saturated rings. The molecule has 0 aliphatic carbocycles. The quantitative estimate of drug-likeness (QED) is 0.433. The second-order valence-electron chi connectivity index (χ2n) is 6.43. The molecule has 130 valence electrons. The van der Waals surface area contributed by atoms with Gasteiger partial charge in [-0.05, 0) is 42.3 Å². The van der Waals surface area contributed by atoms with Crippen molar-refractivity contribution >= 4 is 10.9 Å². The van der Waals surface area contributed by atoms with Crippen molar-refractivity contribution in [3.05, 3.63) is 90.6 Å². The van der Waals surface area contributed by atoms with Crippen molar-refractivity contribution in [1.29, 1.82) is 0 Å². The summed E-state index contributed by atoms with van der Waals surface area (Å²) >= 11 is 0. The highest BCUT2D eigenvalue weighted by molar-refractivity contribution is 5.78. The van der Waals surface area contributed by atoms with Crippen LogP contribution in [-0.4, -0.2) is 9.78 Å². The fourth-order valence-electron chi connectivity index (χ4n) is 3.16. The number of rotatable bonds is 6. The molecule has 1 aromatic heterocycles. The second kappa shape index (κ2) is 7.44. The number of nitrogens with zero attached hydrogens (tertiary/aromatic N) is 2. The van der Waals surface area contributed by atoms with Gasteiger partial charge in [0.15, 0.2) is 0 Å². The first-order valence-electron chi connectivity index (χ1n) is 9.10. The van der Waals surface area contributed by atoms with Crippen LogP contribution in [0.25, 0.3) is 16.6 Å². The first-order chi connectivity index (χ1) is 12.8. The van der Waals surface area contributed by atoms with E-state index in [2.05, 4.69) is 60.7 Å². The highest BCUT2D eigenvalue weighted by Crippen LogP contribution is 2.27. The lowest BCUT2D eigenvalue weighted by Gasteiger charge is -2.19. The third kappa shape index (κ3) is 3.47. The standard InChI is InChI=1S/C23H22N2O/c1-2-8-23(18-9-4-3-5-10-18)26-21-15-13-20(14-16-21)25-17-19-11-6-7-12-22(19)24-25/h3-7,9-17,23H,2,8H2,1H3. The zero-order chi connectivity index (χ0) is 17.8. The Kier molecular flexibility index (Phi) is 4.69. The molecule has 0 bridgehead atoms. The molecule has 1 atom stereocenters. The maximum Gasteiger partial charge on any atom is 0.124 e. The van der Waals surface area contributed by atoms with Crippen LogP contribution in [0.2, 0.25) is 0 Å². The topological polar surface area (TPSA) is 27.1 Å². The molecule has 1 heterocycles. The van der Waals surface area contributed by atoms with E-state index < -0.39 is 0 Å². The summed E-state index contributed by atoms with van der Waals surface area (Å²) in [6, 6.07) is 26.7. The zero-order valence-electron chi connectivity index (χ0n) is 14.9. The Morgan fingerprint density at radius 1 is 0.885 bits per heavy atom. The summed E-state index contributed by atoms with van der Waals surface area (Å²) in [5.74, 6) is 0.882. The Morgan fingerprint density at radius 2 is 1.62 bits per heavy atom. The predicted octanol–water partition coefficient (Wildman–Crippen LogP) is 5.95. The Morgan fingerprint density at radius 3 is 2.35 bits per heavy atom. The molecule has 0 saturated carbocycles. The smallest absolute Gasteiger partial charge is 0.124 e. The summed E-state index contributed by atoms with van der Waals surface area (Å²) in [5.41, 5.74) is 3.25. The maximum absolute atomic E-state index is 6.26. The second-order valence-corrected chi connectivity index (χ2v) is 6.43. The normalized spacial score (nSPS) is 12.2. The van der Waals surface area contributed by atoms with Crippen LogP contribution < -0.4 is 4.74 Å². The van der Waals surface area contributed by atoms with Gasteiger partial charge in [0.05, 0.1) is 11.2 Å². The molecule has 0 radical (unpaired) electrons. The average molecular weight is 342 g/mol. The minimum Gasteiger partial charge on any atom is -0.486 e. The van der Waals surface area contributed by atoms with Gasteiger partial charge in [-0.1, -0.05) is 61.9 Å². The Balaban J connectivity index is 1.55. The molecule has 4 aromatic rings. The predicted molar refractivity (Wildman–Crippen MR) is 106 cm³/mol. The van der Waals surface area contributed by atoms with E-state index in [9.17, 15) is 0 Å². The third-order valence-electron chi connectivity index (χ3n) is 4.52. The Labute approximate surface area is 153 Å². The first-order valence-corrected chi connectivity index (χ1v) is 9.10. The number of benzene rings is 3. The lowest BCUT2D eigenvalue weighted by atomic mass is 10.1. The maximum atomic E-state index is 6.26. The summed E-state index contributed by atoms with van der Waals surface area (Å²) in [6.45, 7) is 2.19.